The van der Waals surface area contributed by atoms with Crippen molar-refractivity contribution in [3.63, 3.8) is 0 Å². The highest BCUT2D eigenvalue weighted by Gasteiger charge is 2.21. The number of Topliss-reactive ketones (excluding diaryl/α,β-unsaturated/α-hetero) is 1. The molecule has 1 aromatic heterocycles. The molecule has 0 aliphatic heterocycles. The summed E-state index contributed by atoms with van der Waals surface area (Å²) in [5.74, 6) is 0.372. The second-order valence-corrected chi connectivity index (χ2v) is 7.54. The highest BCUT2D eigenvalue weighted by molar-refractivity contribution is 7.89. The minimum atomic E-state index is -3.88. The Morgan fingerprint density at radius 1 is 1.08 bits per heavy atom. The van der Waals surface area contributed by atoms with Crippen LogP contribution >= 0.6 is 0 Å². The quantitative estimate of drug-likeness (QED) is 0.617. The predicted molar refractivity (Wildman–Crippen MR) is 94.8 cm³/mol. The number of benzene rings is 2. The van der Waals surface area contributed by atoms with Crippen LogP contribution in [0, 0.1) is 6.92 Å². The highest BCUT2D eigenvalue weighted by Crippen LogP contribution is 2.15. The molecule has 26 heavy (non-hydrogen) atoms. The summed E-state index contributed by atoms with van der Waals surface area (Å²) < 4.78 is 30.9. The van der Waals surface area contributed by atoms with Gasteiger partial charge in [-0.3, -0.25) is 4.79 Å². The molecular formula is C18H17N3O4S. The summed E-state index contributed by atoms with van der Waals surface area (Å²) in [6.07, 6.45) is 1.23. The van der Waals surface area contributed by atoms with Gasteiger partial charge in [0, 0.05) is 6.42 Å². The zero-order chi connectivity index (χ0) is 18.7. The molecule has 0 atom stereocenters. The van der Waals surface area contributed by atoms with Gasteiger partial charge in [-0.2, -0.15) is 8.42 Å². The number of ether oxygens (including phenoxy) is 1. The zero-order valence-corrected chi connectivity index (χ0v) is 15.1. The van der Waals surface area contributed by atoms with Gasteiger partial charge in [-0.15, -0.1) is 9.19 Å². The van der Waals surface area contributed by atoms with E-state index in [1.54, 1.807) is 43.5 Å². The maximum absolute atomic E-state index is 12.5. The molecule has 0 N–H and O–H groups in total. The fourth-order valence-corrected chi connectivity index (χ4v) is 3.40. The second kappa shape index (κ2) is 7.09. The van der Waals surface area contributed by atoms with E-state index < -0.39 is 10.0 Å². The molecule has 0 unspecified atom stereocenters. The first-order valence-electron chi connectivity index (χ1n) is 7.81. The molecule has 0 fully saturated rings. The SMILES string of the molecule is COc1ccc(CC(=O)c2cn(S(=O)(=O)c3ccc(C)cc3)nn2)cc1. The van der Waals surface area contributed by atoms with Crippen LogP contribution in [0.15, 0.2) is 59.6 Å². The Kier molecular flexibility index (Phi) is 4.85. The number of rotatable bonds is 6. The van der Waals surface area contributed by atoms with Crippen molar-refractivity contribution >= 4 is 15.8 Å². The van der Waals surface area contributed by atoms with E-state index in [1.165, 1.54) is 12.1 Å². The lowest BCUT2D eigenvalue weighted by molar-refractivity contribution is 0.0988. The lowest BCUT2D eigenvalue weighted by Crippen LogP contribution is -2.13. The smallest absolute Gasteiger partial charge is 0.284 e. The Hall–Kier alpha value is -3.00. The van der Waals surface area contributed by atoms with Gasteiger partial charge in [-0.25, -0.2) is 0 Å². The fraction of sp³-hybridized carbons (Fsp3) is 0.167. The third kappa shape index (κ3) is 3.65. The Labute approximate surface area is 151 Å². The van der Waals surface area contributed by atoms with Crippen LogP contribution in [0.3, 0.4) is 0 Å². The molecule has 8 heteroatoms. The molecule has 0 amide bonds. The van der Waals surface area contributed by atoms with Gasteiger partial charge >= 0.3 is 0 Å². The third-order valence-electron chi connectivity index (χ3n) is 3.85. The lowest BCUT2D eigenvalue weighted by atomic mass is 10.1. The van der Waals surface area contributed by atoms with E-state index in [0.717, 1.165) is 21.4 Å². The maximum atomic E-state index is 12.5. The third-order valence-corrected chi connectivity index (χ3v) is 5.39. The number of aryl methyl sites for hydroxylation is 1. The summed E-state index contributed by atoms with van der Waals surface area (Å²) in [6.45, 7) is 1.86. The molecular weight excluding hydrogens is 354 g/mol. The molecule has 3 rings (SSSR count). The van der Waals surface area contributed by atoms with Gasteiger partial charge in [-0.05, 0) is 36.8 Å². The van der Waals surface area contributed by atoms with E-state index in [-0.39, 0.29) is 22.8 Å². The summed E-state index contributed by atoms with van der Waals surface area (Å²) in [5.41, 5.74) is 1.71. The number of hydrogen-bond acceptors (Lipinski definition) is 6. The van der Waals surface area contributed by atoms with Crippen LogP contribution in [0.2, 0.25) is 0 Å². The van der Waals surface area contributed by atoms with Crippen molar-refractivity contribution in [2.24, 2.45) is 0 Å². The minimum Gasteiger partial charge on any atom is -0.497 e. The molecule has 7 nitrogen and oxygen atoms in total. The molecule has 0 bridgehead atoms. The monoisotopic (exact) mass is 371 g/mol. The number of carbonyl (C=O) groups excluding carboxylic acids is 1. The molecule has 0 aliphatic carbocycles. The molecule has 0 aliphatic rings. The average molecular weight is 371 g/mol. The van der Waals surface area contributed by atoms with Crippen molar-refractivity contribution in [2.75, 3.05) is 7.11 Å². The van der Waals surface area contributed by atoms with E-state index in [9.17, 15) is 13.2 Å². The summed E-state index contributed by atoms with van der Waals surface area (Å²) in [4.78, 5) is 12.4. The van der Waals surface area contributed by atoms with Gasteiger partial charge in [0.1, 0.15) is 11.4 Å². The largest absolute Gasteiger partial charge is 0.497 e. The summed E-state index contributed by atoms with van der Waals surface area (Å²) in [6, 6.07) is 13.4. The van der Waals surface area contributed by atoms with Crippen LogP contribution in [-0.4, -0.2) is 35.7 Å². The number of methoxy groups -OCH3 is 1. The maximum Gasteiger partial charge on any atom is 0.284 e. The normalized spacial score (nSPS) is 11.3. The van der Waals surface area contributed by atoms with Gasteiger partial charge in [0.2, 0.25) is 0 Å². The van der Waals surface area contributed by atoms with E-state index >= 15 is 0 Å². The summed E-state index contributed by atoms with van der Waals surface area (Å²) in [5, 5.41) is 7.33. The van der Waals surface area contributed by atoms with Crippen LogP contribution in [-0.2, 0) is 16.4 Å². The van der Waals surface area contributed by atoms with Crippen molar-refractivity contribution in [1.29, 1.82) is 0 Å². The molecule has 2 aromatic carbocycles. The Morgan fingerprint density at radius 2 is 1.73 bits per heavy atom. The first kappa shape index (κ1) is 17.8. The molecule has 0 radical (unpaired) electrons. The van der Waals surface area contributed by atoms with Gasteiger partial charge in [-0.1, -0.05) is 35.0 Å². The molecule has 3 aromatic rings. The number of nitrogens with zero attached hydrogens (tertiary/aromatic N) is 3. The average Bonchev–Trinajstić information content (AvgIpc) is 3.14. The lowest BCUT2D eigenvalue weighted by Gasteiger charge is -2.03. The molecule has 0 spiro atoms. The fourth-order valence-electron chi connectivity index (χ4n) is 2.33. The summed E-state index contributed by atoms with van der Waals surface area (Å²) >= 11 is 0. The number of carbonyl (C=O) groups is 1. The Balaban J connectivity index is 1.80. The van der Waals surface area contributed by atoms with Crippen molar-refractivity contribution in [3.05, 3.63) is 71.5 Å². The second-order valence-electron chi connectivity index (χ2n) is 5.74. The van der Waals surface area contributed by atoms with Crippen LogP contribution < -0.4 is 4.74 Å². The van der Waals surface area contributed by atoms with E-state index in [1.807, 2.05) is 6.92 Å². The standard InChI is InChI=1S/C18H17N3O4S/c1-13-3-9-16(10-4-13)26(23,24)21-12-17(19-20-21)18(22)11-14-5-7-15(25-2)8-6-14/h3-10,12H,11H2,1-2H3. The number of hydrogen-bond donors (Lipinski definition) is 0. The van der Waals surface area contributed by atoms with E-state index in [2.05, 4.69) is 10.3 Å². The topological polar surface area (TPSA) is 91.2 Å². The van der Waals surface area contributed by atoms with Gasteiger partial charge < -0.3 is 4.74 Å². The Bertz CT molecular complexity index is 1020. The van der Waals surface area contributed by atoms with Crippen molar-refractivity contribution in [3.8, 4) is 5.75 Å². The first-order valence-corrected chi connectivity index (χ1v) is 9.25. The molecule has 0 saturated heterocycles. The van der Waals surface area contributed by atoms with Crippen molar-refractivity contribution in [2.45, 2.75) is 18.2 Å². The van der Waals surface area contributed by atoms with Gasteiger partial charge in [0.05, 0.1) is 18.2 Å². The summed E-state index contributed by atoms with van der Waals surface area (Å²) in [7, 11) is -2.31. The Morgan fingerprint density at radius 3 is 2.35 bits per heavy atom. The molecule has 1 heterocycles. The predicted octanol–water partition coefficient (Wildman–Crippen LogP) is 2.26. The van der Waals surface area contributed by atoms with Gasteiger partial charge in [0.25, 0.3) is 10.0 Å². The number of ketones is 1. The first-order chi connectivity index (χ1) is 12.4. The minimum absolute atomic E-state index is 0.00324. The van der Waals surface area contributed by atoms with E-state index in [0.29, 0.717) is 5.75 Å². The number of aromatic nitrogens is 3. The van der Waals surface area contributed by atoms with E-state index in [4.69, 9.17) is 4.74 Å². The van der Waals surface area contributed by atoms with Crippen LogP contribution in [0.1, 0.15) is 21.6 Å². The van der Waals surface area contributed by atoms with Crippen LogP contribution in [0.25, 0.3) is 0 Å². The highest BCUT2D eigenvalue weighted by atomic mass is 32.2. The van der Waals surface area contributed by atoms with Crippen molar-refractivity contribution in [1.82, 2.24) is 14.4 Å². The zero-order valence-electron chi connectivity index (χ0n) is 14.3. The van der Waals surface area contributed by atoms with Gasteiger partial charge in [0.15, 0.2) is 5.78 Å². The molecule has 134 valence electrons. The molecule has 0 saturated carbocycles. The van der Waals surface area contributed by atoms with Crippen LogP contribution in [0.4, 0.5) is 0 Å². The van der Waals surface area contributed by atoms with Crippen molar-refractivity contribution < 1.29 is 17.9 Å². The van der Waals surface area contributed by atoms with Crippen LogP contribution in [0.5, 0.6) is 5.75 Å².